The molecule has 6 atom stereocenters. The van der Waals surface area contributed by atoms with Crippen molar-refractivity contribution in [2.75, 3.05) is 0 Å². The van der Waals surface area contributed by atoms with Gasteiger partial charge >= 0.3 is 0 Å². The quantitative estimate of drug-likeness (QED) is 0.588. The normalized spacial score (nSPS) is 47.9. The summed E-state index contributed by atoms with van der Waals surface area (Å²) in [7, 11) is 0. The molecule has 0 aromatic rings. The molecule has 1 aliphatic carbocycles. The van der Waals surface area contributed by atoms with Crippen molar-refractivity contribution >= 4 is 12.6 Å². The van der Waals surface area contributed by atoms with E-state index in [0.717, 1.165) is 0 Å². The summed E-state index contributed by atoms with van der Waals surface area (Å²) in [6.45, 7) is 3.87. The highest BCUT2D eigenvalue weighted by Crippen LogP contribution is 2.39. The molecular formula is C10H15N3S. The molecule has 4 heteroatoms. The van der Waals surface area contributed by atoms with E-state index in [2.05, 4.69) is 24.8 Å². The third kappa shape index (κ3) is 1.61. The van der Waals surface area contributed by atoms with Crippen molar-refractivity contribution in [1.82, 2.24) is 0 Å². The molecule has 0 aliphatic heterocycles. The molecule has 76 valence electrons. The molecule has 0 saturated heterocycles. The molecule has 0 spiro atoms. The second-order valence-corrected chi connectivity index (χ2v) is 4.69. The average molecular weight is 209 g/mol. The minimum atomic E-state index is -0.256. The van der Waals surface area contributed by atoms with Gasteiger partial charge in [0.05, 0.1) is 24.0 Å². The molecule has 2 N–H and O–H groups in total. The maximum atomic E-state index is 9.01. The van der Waals surface area contributed by atoms with Crippen molar-refractivity contribution < 1.29 is 0 Å². The molecule has 0 heterocycles. The van der Waals surface area contributed by atoms with E-state index < -0.39 is 0 Å². The average Bonchev–Trinajstić information content (AvgIpc) is 2.20. The largest absolute Gasteiger partial charge is 0.326 e. The molecule has 1 aliphatic rings. The van der Waals surface area contributed by atoms with E-state index in [1.54, 1.807) is 0 Å². The van der Waals surface area contributed by atoms with Gasteiger partial charge in [-0.15, -0.1) is 0 Å². The zero-order valence-corrected chi connectivity index (χ0v) is 9.28. The van der Waals surface area contributed by atoms with Crippen LogP contribution in [0.2, 0.25) is 0 Å². The Morgan fingerprint density at radius 1 is 1.07 bits per heavy atom. The van der Waals surface area contributed by atoms with Crippen molar-refractivity contribution in [3.8, 4) is 12.1 Å². The highest BCUT2D eigenvalue weighted by atomic mass is 32.1. The summed E-state index contributed by atoms with van der Waals surface area (Å²) in [6.07, 6.45) is 0. The Balaban J connectivity index is 2.98. The fourth-order valence-electron chi connectivity index (χ4n) is 2.16. The molecule has 3 nitrogen and oxygen atoms in total. The Hall–Kier alpha value is -0.710. The Labute approximate surface area is 90.3 Å². The SMILES string of the molecule is CC1C(N)C(S)C(C)[C@H](C#N)C1C#N. The van der Waals surface area contributed by atoms with E-state index in [4.69, 9.17) is 16.3 Å². The van der Waals surface area contributed by atoms with Crippen LogP contribution in [0, 0.1) is 46.3 Å². The van der Waals surface area contributed by atoms with Crippen molar-refractivity contribution in [3.63, 3.8) is 0 Å². The van der Waals surface area contributed by atoms with Gasteiger partial charge in [0.2, 0.25) is 0 Å². The number of nitriles is 2. The molecule has 0 aromatic carbocycles. The summed E-state index contributed by atoms with van der Waals surface area (Å²) < 4.78 is 0. The minimum Gasteiger partial charge on any atom is -0.326 e. The zero-order valence-electron chi connectivity index (χ0n) is 8.38. The predicted octanol–water partition coefficient (Wildman–Crippen LogP) is 1.18. The third-order valence-electron chi connectivity index (χ3n) is 3.36. The molecule has 1 saturated carbocycles. The summed E-state index contributed by atoms with van der Waals surface area (Å²) in [5.74, 6) is -0.367. The van der Waals surface area contributed by atoms with E-state index in [1.165, 1.54) is 0 Å². The third-order valence-corrected chi connectivity index (χ3v) is 4.17. The second-order valence-electron chi connectivity index (χ2n) is 4.10. The predicted molar refractivity (Wildman–Crippen MR) is 57.3 cm³/mol. The second kappa shape index (κ2) is 4.21. The van der Waals surface area contributed by atoms with Gasteiger partial charge in [0.25, 0.3) is 0 Å². The highest BCUT2D eigenvalue weighted by Gasteiger charge is 2.44. The van der Waals surface area contributed by atoms with E-state index in [9.17, 15) is 0 Å². The van der Waals surface area contributed by atoms with Crippen molar-refractivity contribution in [2.24, 2.45) is 29.4 Å². The van der Waals surface area contributed by atoms with Gasteiger partial charge in [-0.25, -0.2) is 0 Å². The van der Waals surface area contributed by atoms with E-state index >= 15 is 0 Å². The minimum absolute atomic E-state index is 0.0132. The maximum Gasteiger partial charge on any atom is 0.0673 e. The molecule has 14 heavy (non-hydrogen) atoms. The lowest BCUT2D eigenvalue weighted by molar-refractivity contribution is 0.174. The number of thiol groups is 1. The van der Waals surface area contributed by atoms with Crippen molar-refractivity contribution in [1.29, 1.82) is 10.5 Å². The first-order chi connectivity index (χ1) is 6.54. The summed E-state index contributed by atoms with van der Waals surface area (Å²) in [5, 5.41) is 18.0. The Morgan fingerprint density at radius 3 is 1.93 bits per heavy atom. The first-order valence-corrected chi connectivity index (χ1v) is 5.29. The van der Waals surface area contributed by atoms with Gasteiger partial charge in [-0.1, -0.05) is 13.8 Å². The van der Waals surface area contributed by atoms with Crippen LogP contribution in [0.3, 0.4) is 0 Å². The van der Waals surface area contributed by atoms with Gasteiger partial charge in [-0.3, -0.25) is 0 Å². The Bertz CT molecular complexity index is 261. The summed E-state index contributed by atoms with van der Waals surface area (Å²) in [6, 6.07) is 4.31. The lowest BCUT2D eigenvalue weighted by Gasteiger charge is -2.41. The van der Waals surface area contributed by atoms with Crippen LogP contribution in [0.4, 0.5) is 0 Å². The molecule has 0 aromatic heterocycles. The lowest BCUT2D eigenvalue weighted by Crippen LogP contribution is -2.52. The standard InChI is InChI=1S/C10H15N3S/c1-5-7(3-11)8(4-12)6(2)10(14)9(5)13/h5-10,14H,13H2,1-2H3/t5?,6?,7?,8-,9?,10?/m0/s1. The highest BCUT2D eigenvalue weighted by molar-refractivity contribution is 7.81. The topological polar surface area (TPSA) is 73.6 Å². The van der Waals surface area contributed by atoms with Crippen LogP contribution in [-0.2, 0) is 0 Å². The van der Waals surface area contributed by atoms with Crippen LogP contribution in [0.15, 0.2) is 0 Å². The number of nitrogens with zero attached hydrogens (tertiary/aromatic N) is 2. The van der Waals surface area contributed by atoms with Crippen molar-refractivity contribution in [3.05, 3.63) is 0 Å². The summed E-state index contributed by atoms with van der Waals surface area (Å²) in [4.78, 5) is 0. The Kier molecular flexibility index (Phi) is 3.42. The lowest BCUT2D eigenvalue weighted by atomic mass is 9.66. The van der Waals surface area contributed by atoms with Crippen molar-refractivity contribution in [2.45, 2.75) is 25.1 Å². The number of rotatable bonds is 0. The van der Waals surface area contributed by atoms with E-state index in [1.807, 2.05) is 13.8 Å². The van der Waals surface area contributed by atoms with Crippen LogP contribution < -0.4 is 5.73 Å². The monoisotopic (exact) mass is 209 g/mol. The molecule has 0 bridgehead atoms. The molecule has 1 fully saturated rings. The van der Waals surface area contributed by atoms with E-state index in [0.29, 0.717) is 0 Å². The van der Waals surface area contributed by atoms with E-state index in [-0.39, 0.29) is 35.0 Å². The van der Waals surface area contributed by atoms with Gasteiger partial charge in [0, 0.05) is 11.3 Å². The number of hydrogen-bond donors (Lipinski definition) is 2. The zero-order chi connectivity index (χ0) is 10.9. The molecule has 1 rings (SSSR count). The van der Waals surface area contributed by atoms with Gasteiger partial charge in [0.1, 0.15) is 0 Å². The number of hydrogen-bond acceptors (Lipinski definition) is 4. The smallest absolute Gasteiger partial charge is 0.0673 e. The fraction of sp³-hybridized carbons (Fsp3) is 0.800. The van der Waals surface area contributed by atoms with Crippen LogP contribution in [0.1, 0.15) is 13.8 Å². The van der Waals surface area contributed by atoms with Crippen LogP contribution >= 0.6 is 12.6 Å². The molecule has 5 unspecified atom stereocenters. The van der Waals surface area contributed by atoms with Crippen LogP contribution in [0.25, 0.3) is 0 Å². The fourth-order valence-corrected chi connectivity index (χ4v) is 2.62. The van der Waals surface area contributed by atoms with Gasteiger partial charge in [-0.2, -0.15) is 23.2 Å². The molecule has 0 radical (unpaired) electrons. The van der Waals surface area contributed by atoms with Gasteiger partial charge in [-0.05, 0) is 11.8 Å². The Morgan fingerprint density at radius 2 is 1.50 bits per heavy atom. The summed E-state index contributed by atoms with van der Waals surface area (Å²) >= 11 is 4.42. The molecular weight excluding hydrogens is 194 g/mol. The molecule has 0 amide bonds. The van der Waals surface area contributed by atoms with Gasteiger partial charge in [0.15, 0.2) is 0 Å². The summed E-state index contributed by atoms with van der Waals surface area (Å²) in [5.41, 5.74) is 5.96. The number of nitrogens with two attached hydrogens (primary N) is 1. The first-order valence-electron chi connectivity index (χ1n) is 4.77. The van der Waals surface area contributed by atoms with Crippen LogP contribution in [-0.4, -0.2) is 11.3 Å². The van der Waals surface area contributed by atoms with Gasteiger partial charge < -0.3 is 5.73 Å². The maximum absolute atomic E-state index is 9.01. The first kappa shape index (κ1) is 11.4. The van der Waals surface area contributed by atoms with Crippen LogP contribution in [0.5, 0.6) is 0 Å².